The number of nitriles is 1. The predicted molar refractivity (Wildman–Crippen MR) is 86.9 cm³/mol. The van der Waals surface area contributed by atoms with Crippen molar-refractivity contribution in [3.05, 3.63) is 53.0 Å². The van der Waals surface area contributed by atoms with Crippen molar-refractivity contribution in [3.8, 4) is 23.4 Å². The second kappa shape index (κ2) is 6.38. The number of ether oxygens (including phenoxy) is 1. The van der Waals surface area contributed by atoms with Gasteiger partial charge >= 0.3 is 0 Å². The monoisotopic (exact) mass is 321 g/mol. The zero-order valence-electron chi connectivity index (χ0n) is 13.3. The second-order valence-electron chi connectivity index (χ2n) is 5.26. The summed E-state index contributed by atoms with van der Waals surface area (Å²) in [4.78, 5) is 12.5. The van der Waals surface area contributed by atoms with E-state index in [1.807, 2.05) is 19.9 Å². The highest BCUT2D eigenvalue weighted by Gasteiger charge is 2.18. The van der Waals surface area contributed by atoms with Crippen molar-refractivity contribution < 1.29 is 9.15 Å². The number of aryl methyl sites for hydroxylation is 2. The molecule has 0 spiro atoms. The van der Waals surface area contributed by atoms with Gasteiger partial charge in [-0.3, -0.25) is 4.98 Å². The molecule has 3 heterocycles. The van der Waals surface area contributed by atoms with Crippen LogP contribution in [-0.2, 0) is 6.61 Å². The highest BCUT2D eigenvalue weighted by Crippen LogP contribution is 2.28. The molecule has 24 heavy (non-hydrogen) atoms. The van der Waals surface area contributed by atoms with E-state index in [4.69, 9.17) is 14.9 Å². The van der Waals surface area contributed by atoms with Crippen LogP contribution in [0.4, 0.5) is 5.95 Å². The zero-order valence-corrected chi connectivity index (χ0v) is 13.3. The van der Waals surface area contributed by atoms with E-state index in [9.17, 15) is 5.26 Å². The molecule has 0 aliphatic rings. The topological polar surface area (TPSA) is 111 Å². The fourth-order valence-corrected chi connectivity index (χ4v) is 2.28. The van der Waals surface area contributed by atoms with E-state index < -0.39 is 0 Å². The maximum absolute atomic E-state index is 9.47. The molecule has 0 atom stereocenters. The molecule has 7 heteroatoms. The number of hydrogen-bond acceptors (Lipinski definition) is 7. The minimum atomic E-state index is 0.00369. The van der Waals surface area contributed by atoms with E-state index in [1.54, 1.807) is 18.3 Å². The van der Waals surface area contributed by atoms with Gasteiger partial charge in [0.1, 0.15) is 23.9 Å². The lowest BCUT2D eigenvalue weighted by Gasteiger charge is -2.11. The lowest BCUT2D eigenvalue weighted by Crippen LogP contribution is -2.07. The molecule has 0 fully saturated rings. The van der Waals surface area contributed by atoms with Crippen molar-refractivity contribution in [2.45, 2.75) is 20.5 Å². The number of pyridine rings is 1. The van der Waals surface area contributed by atoms with Crippen LogP contribution in [0, 0.1) is 25.2 Å². The van der Waals surface area contributed by atoms with E-state index in [0.29, 0.717) is 11.5 Å². The Labute approximate surface area is 138 Å². The molecule has 0 aromatic carbocycles. The highest BCUT2D eigenvalue weighted by molar-refractivity contribution is 5.66. The summed E-state index contributed by atoms with van der Waals surface area (Å²) >= 11 is 0. The van der Waals surface area contributed by atoms with Gasteiger partial charge in [0.25, 0.3) is 0 Å². The second-order valence-corrected chi connectivity index (χ2v) is 5.26. The molecule has 120 valence electrons. The number of aromatic nitrogens is 3. The molecule has 0 amide bonds. The van der Waals surface area contributed by atoms with Crippen LogP contribution >= 0.6 is 0 Å². The fourth-order valence-electron chi connectivity index (χ4n) is 2.28. The molecule has 0 radical (unpaired) electrons. The lowest BCUT2D eigenvalue weighted by molar-refractivity contribution is 0.287. The number of anilines is 1. The maximum Gasteiger partial charge on any atom is 0.237 e. The first-order valence-electron chi connectivity index (χ1n) is 7.25. The third-order valence-corrected chi connectivity index (χ3v) is 3.43. The van der Waals surface area contributed by atoms with Gasteiger partial charge in [0, 0.05) is 6.20 Å². The summed E-state index contributed by atoms with van der Waals surface area (Å²) in [6.07, 6.45) is 3.26. The van der Waals surface area contributed by atoms with Gasteiger partial charge in [0.05, 0.1) is 12.0 Å². The van der Waals surface area contributed by atoms with Crippen LogP contribution in [0.5, 0.6) is 5.88 Å². The highest BCUT2D eigenvalue weighted by atomic mass is 16.5. The van der Waals surface area contributed by atoms with Crippen LogP contribution in [0.25, 0.3) is 11.5 Å². The number of furan rings is 1. The molecule has 0 aliphatic carbocycles. The third-order valence-electron chi connectivity index (χ3n) is 3.43. The quantitative estimate of drug-likeness (QED) is 0.786. The van der Waals surface area contributed by atoms with Crippen LogP contribution in [-0.4, -0.2) is 15.0 Å². The van der Waals surface area contributed by atoms with Gasteiger partial charge in [-0.2, -0.15) is 10.2 Å². The summed E-state index contributed by atoms with van der Waals surface area (Å²) in [5.74, 6) is 0.539. The minimum Gasteiger partial charge on any atom is -0.470 e. The van der Waals surface area contributed by atoms with Crippen LogP contribution in [0.2, 0.25) is 0 Å². The Morgan fingerprint density at radius 3 is 2.83 bits per heavy atom. The van der Waals surface area contributed by atoms with Crippen molar-refractivity contribution in [3.63, 3.8) is 0 Å². The van der Waals surface area contributed by atoms with Gasteiger partial charge in [0.2, 0.25) is 11.8 Å². The van der Waals surface area contributed by atoms with Crippen molar-refractivity contribution in [1.29, 1.82) is 5.26 Å². The Balaban J connectivity index is 1.95. The first-order chi connectivity index (χ1) is 11.6. The molecule has 7 nitrogen and oxygen atoms in total. The van der Waals surface area contributed by atoms with E-state index in [2.05, 4.69) is 21.0 Å². The third kappa shape index (κ3) is 3.03. The van der Waals surface area contributed by atoms with Crippen LogP contribution in [0.3, 0.4) is 0 Å². The molecule has 0 unspecified atom stereocenters. The largest absolute Gasteiger partial charge is 0.470 e. The van der Waals surface area contributed by atoms with Gasteiger partial charge in [-0.25, -0.2) is 4.98 Å². The van der Waals surface area contributed by atoms with E-state index >= 15 is 0 Å². The predicted octanol–water partition coefficient (Wildman–Crippen LogP) is 2.78. The average molecular weight is 321 g/mol. The summed E-state index contributed by atoms with van der Waals surface area (Å²) in [7, 11) is 0. The lowest BCUT2D eigenvalue weighted by atomic mass is 10.2. The van der Waals surface area contributed by atoms with E-state index in [1.165, 1.54) is 6.26 Å². The number of nitrogens with two attached hydrogens (primary N) is 1. The molecule has 2 N–H and O–H groups in total. The summed E-state index contributed by atoms with van der Waals surface area (Å²) < 4.78 is 11.0. The van der Waals surface area contributed by atoms with Gasteiger partial charge in [-0.15, -0.1) is 0 Å². The Morgan fingerprint density at radius 1 is 1.33 bits per heavy atom. The molecule has 3 rings (SSSR count). The van der Waals surface area contributed by atoms with Gasteiger partial charge in [0.15, 0.2) is 5.76 Å². The SMILES string of the molecule is Cc1cnc(COc2nc(N)nc(-c3ccco3)c2C#N)c(C)c1. The van der Waals surface area contributed by atoms with E-state index in [0.717, 1.165) is 16.8 Å². The molecule has 3 aromatic heterocycles. The summed E-state index contributed by atoms with van der Waals surface area (Å²) in [6.45, 7) is 4.10. The number of rotatable bonds is 4. The summed E-state index contributed by atoms with van der Waals surface area (Å²) in [6, 6.07) is 7.46. The Kier molecular flexibility index (Phi) is 4.12. The smallest absolute Gasteiger partial charge is 0.237 e. The normalized spacial score (nSPS) is 10.4. The van der Waals surface area contributed by atoms with Crippen molar-refractivity contribution in [2.24, 2.45) is 0 Å². The fraction of sp³-hybridized carbons (Fsp3) is 0.176. The Hall–Kier alpha value is -3.40. The molecular weight excluding hydrogens is 306 g/mol. The molecule has 0 saturated heterocycles. The maximum atomic E-state index is 9.47. The van der Waals surface area contributed by atoms with Crippen LogP contribution in [0.1, 0.15) is 22.4 Å². The van der Waals surface area contributed by atoms with Crippen molar-refractivity contribution >= 4 is 5.95 Å². The standard InChI is InChI=1S/C17H15N5O2/c1-10-6-11(2)13(20-8-10)9-24-16-12(7-18)15(21-17(19)22-16)14-4-3-5-23-14/h3-6,8H,9H2,1-2H3,(H2,19,21,22). The van der Waals surface area contributed by atoms with Crippen LogP contribution < -0.4 is 10.5 Å². The zero-order chi connectivity index (χ0) is 17.1. The molecule has 0 bridgehead atoms. The molecule has 0 aliphatic heterocycles. The van der Waals surface area contributed by atoms with Gasteiger partial charge in [-0.1, -0.05) is 6.07 Å². The summed E-state index contributed by atoms with van der Waals surface area (Å²) in [5, 5.41) is 9.47. The Morgan fingerprint density at radius 2 is 2.17 bits per heavy atom. The number of hydrogen-bond donors (Lipinski definition) is 1. The summed E-state index contributed by atoms with van der Waals surface area (Å²) in [5.41, 5.74) is 9.05. The molecule has 0 saturated carbocycles. The molecule has 3 aromatic rings. The number of nitrogen functional groups attached to an aromatic ring is 1. The minimum absolute atomic E-state index is 0.00369. The van der Waals surface area contributed by atoms with Crippen molar-refractivity contribution in [1.82, 2.24) is 15.0 Å². The Bertz CT molecular complexity index is 913. The first kappa shape index (κ1) is 15.5. The number of nitrogens with zero attached hydrogens (tertiary/aromatic N) is 4. The average Bonchev–Trinajstić information content (AvgIpc) is 3.07. The molecular formula is C17H15N5O2. The van der Waals surface area contributed by atoms with Crippen molar-refractivity contribution in [2.75, 3.05) is 5.73 Å². The van der Waals surface area contributed by atoms with Gasteiger partial charge < -0.3 is 14.9 Å². The van der Waals surface area contributed by atoms with Gasteiger partial charge in [-0.05, 0) is 37.1 Å². The van der Waals surface area contributed by atoms with E-state index in [-0.39, 0.29) is 24.0 Å². The van der Waals surface area contributed by atoms with Crippen LogP contribution in [0.15, 0.2) is 35.1 Å². The first-order valence-corrected chi connectivity index (χ1v) is 7.25.